The van der Waals surface area contributed by atoms with Crippen LogP contribution in [0.1, 0.15) is 45.4 Å². The predicted octanol–water partition coefficient (Wildman–Crippen LogP) is 2.93. The van der Waals surface area contributed by atoms with Gasteiger partial charge in [-0.15, -0.1) is 0 Å². The van der Waals surface area contributed by atoms with Gasteiger partial charge in [0.2, 0.25) is 0 Å². The van der Waals surface area contributed by atoms with Crippen molar-refractivity contribution >= 4 is 11.8 Å². The van der Waals surface area contributed by atoms with Gasteiger partial charge >= 0.3 is 0 Å². The largest absolute Gasteiger partial charge is 0.313 e. The molecule has 4 fully saturated rings. The van der Waals surface area contributed by atoms with Crippen molar-refractivity contribution in [2.45, 2.75) is 55.7 Å². The average molecular weight is 250 g/mol. The second-order valence-corrected chi connectivity index (χ2v) is 8.36. The third-order valence-corrected chi connectivity index (χ3v) is 6.77. The summed E-state index contributed by atoms with van der Waals surface area (Å²) >= 11 is 2.02. The standard InChI is InChI=1S/C14H22N2S/c1-13(16,8-15)9-17-14-5-10-2-11(6-14)4-12(3-10)7-14/h10-12H,2-7,9,16H2,1H3. The molecule has 1 unspecified atom stereocenters. The van der Waals surface area contributed by atoms with Crippen molar-refractivity contribution in [3.05, 3.63) is 0 Å². The number of nitriles is 1. The number of nitrogens with two attached hydrogens (primary N) is 1. The Labute approximate surface area is 108 Å². The molecule has 94 valence electrons. The highest BCUT2D eigenvalue weighted by molar-refractivity contribution is 8.00. The molecular formula is C14H22N2S. The average Bonchev–Trinajstić information content (AvgIpc) is 2.25. The number of nitrogens with zero attached hydrogens (tertiary/aromatic N) is 1. The Balaban J connectivity index is 1.69. The SMILES string of the molecule is CC(N)(C#N)CSC12CC3CC(CC(C3)C1)C2. The summed E-state index contributed by atoms with van der Waals surface area (Å²) in [6.45, 7) is 1.86. The highest BCUT2D eigenvalue weighted by atomic mass is 32.2. The van der Waals surface area contributed by atoms with E-state index in [2.05, 4.69) is 6.07 Å². The molecule has 0 aromatic heterocycles. The van der Waals surface area contributed by atoms with Gasteiger partial charge < -0.3 is 5.73 Å². The summed E-state index contributed by atoms with van der Waals surface area (Å²) in [4.78, 5) is 0. The molecule has 0 heterocycles. The summed E-state index contributed by atoms with van der Waals surface area (Å²) in [7, 11) is 0. The second-order valence-electron chi connectivity index (χ2n) is 6.92. The molecule has 17 heavy (non-hydrogen) atoms. The topological polar surface area (TPSA) is 49.8 Å². The van der Waals surface area contributed by atoms with E-state index in [9.17, 15) is 0 Å². The van der Waals surface area contributed by atoms with Gasteiger partial charge in [-0.25, -0.2) is 0 Å². The Hall–Kier alpha value is -0.200. The number of rotatable bonds is 3. The van der Waals surface area contributed by atoms with Crippen LogP contribution in [0.4, 0.5) is 0 Å². The van der Waals surface area contributed by atoms with E-state index in [4.69, 9.17) is 11.0 Å². The molecule has 0 aromatic rings. The van der Waals surface area contributed by atoms with Crippen LogP contribution in [0.2, 0.25) is 0 Å². The molecule has 0 saturated heterocycles. The van der Waals surface area contributed by atoms with Crippen molar-refractivity contribution in [2.75, 3.05) is 5.75 Å². The molecule has 2 nitrogen and oxygen atoms in total. The molecule has 4 saturated carbocycles. The molecule has 3 heteroatoms. The van der Waals surface area contributed by atoms with Crippen molar-refractivity contribution in [1.29, 1.82) is 5.26 Å². The minimum absolute atomic E-state index is 0.492. The Morgan fingerprint density at radius 1 is 1.24 bits per heavy atom. The first-order valence-corrected chi connectivity index (χ1v) is 7.83. The Morgan fingerprint density at radius 3 is 2.12 bits per heavy atom. The molecule has 4 bridgehead atoms. The van der Waals surface area contributed by atoms with Gasteiger partial charge in [-0.1, -0.05) is 0 Å². The molecule has 4 aliphatic carbocycles. The lowest BCUT2D eigenvalue weighted by molar-refractivity contribution is 0.0383. The maximum absolute atomic E-state index is 9.02. The van der Waals surface area contributed by atoms with Crippen LogP contribution in [0.3, 0.4) is 0 Å². The fourth-order valence-corrected chi connectivity index (χ4v) is 6.27. The quantitative estimate of drug-likeness (QED) is 0.838. The Kier molecular flexibility index (Phi) is 2.72. The van der Waals surface area contributed by atoms with E-state index in [0.717, 1.165) is 23.5 Å². The van der Waals surface area contributed by atoms with Gasteiger partial charge in [0.1, 0.15) is 5.54 Å². The summed E-state index contributed by atoms with van der Waals surface area (Å²) in [6.07, 6.45) is 8.63. The van der Waals surface area contributed by atoms with Crippen LogP contribution in [0.5, 0.6) is 0 Å². The third kappa shape index (κ3) is 2.22. The van der Waals surface area contributed by atoms with E-state index < -0.39 is 5.54 Å². The van der Waals surface area contributed by atoms with Gasteiger partial charge in [-0.2, -0.15) is 17.0 Å². The van der Waals surface area contributed by atoms with Crippen molar-refractivity contribution < 1.29 is 0 Å². The van der Waals surface area contributed by atoms with Gasteiger partial charge in [0.05, 0.1) is 6.07 Å². The number of thioether (sulfide) groups is 1. The van der Waals surface area contributed by atoms with E-state index >= 15 is 0 Å². The maximum Gasteiger partial charge on any atom is 0.110 e. The third-order valence-electron chi connectivity index (χ3n) is 4.92. The van der Waals surface area contributed by atoms with Crippen LogP contribution in [-0.4, -0.2) is 16.0 Å². The number of hydrogen-bond acceptors (Lipinski definition) is 3. The van der Waals surface area contributed by atoms with E-state index in [0.29, 0.717) is 4.75 Å². The first-order valence-electron chi connectivity index (χ1n) is 6.84. The molecule has 0 radical (unpaired) electrons. The Morgan fingerprint density at radius 2 is 1.71 bits per heavy atom. The van der Waals surface area contributed by atoms with Crippen molar-refractivity contribution in [3.8, 4) is 6.07 Å². The highest BCUT2D eigenvalue weighted by Gasteiger charge is 2.51. The zero-order valence-electron chi connectivity index (χ0n) is 10.6. The van der Waals surface area contributed by atoms with Gasteiger partial charge in [0, 0.05) is 10.5 Å². The molecule has 0 amide bonds. The minimum Gasteiger partial charge on any atom is -0.313 e. The first-order chi connectivity index (χ1) is 8.00. The lowest BCUT2D eigenvalue weighted by atomic mass is 9.56. The van der Waals surface area contributed by atoms with Crippen LogP contribution in [0.25, 0.3) is 0 Å². The van der Waals surface area contributed by atoms with Crippen molar-refractivity contribution in [2.24, 2.45) is 23.5 Å². The second kappa shape index (κ2) is 3.90. The molecule has 0 aromatic carbocycles. The van der Waals surface area contributed by atoms with Crippen LogP contribution in [-0.2, 0) is 0 Å². The predicted molar refractivity (Wildman–Crippen MR) is 71.6 cm³/mol. The lowest BCUT2D eigenvalue weighted by Gasteiger charge is -2.56. The van der Waals surface area contributed by atoms with Gasteiger partial charge in [-0.3, -0.25) is 0 Å². The van der Waals surface area contributed by atoms with E-state index in [1.165, 1.54) is 38.5 Å². The molecule has 2 N–H and O–H groups in total. The minimum atomic E-state index is -0.645. The first kappa shape index (κ1) is 11.9. The summed E-state index contributed by atoms with van der Waals surface area (Å²) in [5, 5.41) is 9.02. The van der Waals surface area contributed by atoms with E-state index in [1.807, 2.05) is 18.7 Å². The van der Waals surface area contributed by atoms with Crippen LogP contribution < -0.4 is 5.73 Å². The van der Waals surface area contributed by atoms with Gasteiger partial charge in [0.15, 0.2) is 0 Å². The van der Waals surface area contributed by atoms with Crippen LogP contribution >= 0.6 is 11.8 Å². The van der Waals surface area contributed by atoms with E-state index in [-0.39, 0.29) is 0 Å². The zero-order chi connectivity index (χ0) is 12.1. The molecule has 4 aliphatic rings. The fraction of sp³-hybridized carbons (Fsp3) is 0.929. The van der Waals surface area contributed by atoms with E-state index in [1.54, 1.807) is 0 Å². The smallest absolute Gasteiger partial charge is 0.110 e. The zero-order valence-corrected chi connectivity index (χ0v) is 11.4. The monoisotopic (exact) mass is 250 g/mol. The fourth-order valence-electron chi connectivity index (χ4n) is 4.54. The van der Waals surface area contributed by atoms with Crippen molar-refractivity contribution in [3.63, 3.8) is 0 Å². The van der Waals surface area contributed by atoms with Crippen LogP contribution in [0, 0.1) is 29.1 Å². The summed E-state index contributed by atoms with van der Waals surface area (Å²) < 4.78 is 0.492. The Bertz CT molecular complexity index is 320. The molecule has 0 aliphatic heterocycles. The van der Waals surface area contributed by atoms with Crippen molar-refractivity contribution in [1.82, 2.24) is 0 Å². The lowest BCUT2D eigenvalue weighted by Crippen LogP contribution is -2.50. The number of hydrogen-bond donors (Lipinski definition) is 1. The summed E-state index contributed by atoms with van der Waals surface area (Å²) in [6, 6.07) is 2.23. The molecule has 1 atom stereocenters. The normalized spacial score (nSPS) is 46.5. The molecular weight excluding hydrogens is 228 g/mol. The van der Waals surface area contributed by atoms with Gasteiger partial charge in [-0.05, 0) is 63.2 Å². The molecule has 0 spiro atoms. The summed E-state index contributed by atoms with van der Waals surface area (Å²) in [5.74, 6) is 3.76. The summed E-state index contributed by atoms with van der Waals surface area (Å²) in [5.41, 5.74) is 5.32. The molecule has 4 rings (SSSR count). The van der Waals surface area contributed by atoms with Gasteiger partial charge in [0.25, 0.3) is 0 Å². The highest BCUT2D eigenvalue weighted by Crippen LogP contribution is 2.60. The van der Waals surface area contributed by atoms with Crippen LogP contribution in [0.15, 0.2) is 0 Å². The maximum atomic E-state index is 9.02.